The van der Waals surface area contributed by atoms with E-state index in [1.807, 2.05) is 74.6 Å². The molecule has 0 aliphatic rings. The molecule has 35 heavy (non-hydrogen) atoms. The van der Waals surface area contributed by atoms with Gasteiger partial charge in [0.2, 0.25) is 5.95 Å². The molecule has 2 aromatic carbocycles. The molecule has 2 N–H and O–H groups in total. The molecule has 0 aliphatic heterocycles. The van der Waals surface area contributed by atoms with E-state index >= 15 is 0 Å². The normalized spacial score (nSPS) is 10.9. The highest BCUT2D eigenvalue weighted by Crippen LogP contribution is 2.24. The first-order valence-electron chi connectivity index (χ1n) is 11.3. The lowest BCUT2D eigenvalue weighted by atomic mass is 10.1. The molecule has 4 rings (SSSR count). The molecule has 2 heterocycles. The van der Waals surface area contributed by atoms with Crippen molar-refractivity contribution in [2.45, 2.75) is 13.5 Å². The fourth-order valence-corrected chi connectivity index (χ4v) is 3.84. The summed E-state index contributed by atoms with van der Waals surface area (Å²) in [5.74, 6) is 0.884. The van der Waals surface area contributed by atoms with E-state index in [0.29, 0.717) is 23.1 Å². The van der Waals surface area contributed by atoms with Crippen LogP contribution in [0.3, 0.4) is 0 Å². The number of carbonyl (C=O) groups excluding carboxylic acids is 1. The van der Waals surface area contributed by atoms with Gasteiger partial charge in [-0.3, -0.25) is 9.78 Å². The van der Waals surface area contributed by atoms with Crippen molar-refractivity contribution in [3.63, 3.8) is 0 Å². The summed E-state index contributed by atoms with van der Waals surface area (Å²) in [6.07, 6.45) is 5.19. The third-order valence-corrected chi connectivity index (χ3v) is 5.66. The number of hydrogen-bond acceptors (Lipinski definition) is 6. The molecular formula is C27H27ClN6O. The van der Waals surface area contributed by atoms with Gasteiger partial charge in [0.1, 0.15) is 0 Å². The lowest BCUT2D eigenvalue weighted by Crippen LogP contribution is -2.20. The first-order valence-corrected chi connectivity index (χ1v) is 11.8. The Hall–Kier alpha value is -3.81. The minimum Gasteiger partial charge on any atom is -0.324 e. The number of alkyl halides is 1. The molecule has 178 valence electrons. The number of anilines is 3. The summed E-state index contributed by atoms with van der Waals surface area (Å²) >= 11 is 5.80. The van der Waals surface area contributed by atoms with Crippen LogP contribution < -0.4 is 10.6 Å². The Balaban J connectivity index is 1.45. The molecule has 0 radical (unpaired) electrons. The summed E-state index contributed by atoms with van der Waals surface area (Å²) < 4.78 is 0. The van der Waals surface area contributed by atoms with Crippen LogP contribution in [0.25, 0.3) is 11.3 Å². The number of hydrogen-bond donors (Lipinski definition) is 2. The number of benzene rings is 2. The van der Waals surface area contributed by atoms with Crippen LogP contribution in [0.1, 0.15) is 21.5 Å². The standard InChI is InChI=1S/C27H27ClN6O/c1-19-5-10-23(31-26(35)21-8-6-20(7-9-21)18-34(2)15-12-28)16-25(19)33-27-30-14-11-24(32-27)22-4-3-13-29-17-22/h3-11,13-14,16-17H,12,15,18H2,1-2H3,(H,31,35)(H,30,32,33). The molecule has 0 atom stereocenters. The summed E-state index contributed by atoms with van der Waals surface area (Å²) in [6, 6.07) is 19.0. The second-order valence-corrected chi connectivity index (χ2v) is 8.62. The Labute approximate surface area is 210 Å². The van der Waals surface area contributed by atoms with E-state index in [4.69, 9.17) is 11.6 Å². The number of aryl methyl sites for hydroxylation is 1. The molecule has 0 saturated carbocycles. The van der Waals surface area contributed by atoms with Gasteiger partial charge in [-0.2, -0.15) is 0 Å². The molecule has 2 aromatic heterocycles. The highest BCUT2D eigenvalue weighted by Gasteiger charge is 2.10. The van der Waals surface area contributed by atoms with Crippen LogP contribution in [0.5, 0.6) is 0 Å². The maximum absolute atomic E-state index is 12.8. The van der Waals surface area contributed by atoms with E-state index in [2.05, 4.69) is 30.5 Å². The van der Waals surface area contributed by atoms with Gasteiger partial charge in [-0.05, 0) is 67.6 Å². The van der Waals surface area contributed by atoms with E-state index in [9.17, 15) is 4.79 Å². The number of carbonyl (C=O) groups is 1. The second kappa shape index (κ2) is 11.6. The molecule has 0 bridgehead atoms. The summed E-state index contributed by atoms with van der Waals surface area (Å²) in [5, 5.41) is 6.24. The van der Waals surface area contributed by atoms with Gasteiger partial charge in [0.15, 0.2) is 0 Å². The summed E-state index contributed by atoms with van der Waals surface area (Å²) in [6.45, 7) is 3.58. The minimum absolute atomic E-state index is 0.171. The van der Waals surface area contributed by atoms with Crippen molar-refractivity contribution in [1.29, 1.82) is 0 Å². The zero-order valence-corrected chi connectivity index (χ0v) is 20.5. The van der Waals surface area contributed by atoms with Gasteiger partial charge in [-0.25, -0.2) is 9.97 Å². The zero-order chi connectivity index (χ0) is 24.6. The van der Waals surface area contributed by atoms with Gasteiger partial charge in [-0.15, -0.1) is 11.6 Å². The van der Waals surface area contributed by atoms with E-state index < -0.39 is 0 Å². The smallest absolute Gasteiger partial charge is 0.255 e. The fraction of sp³-hybridized carbons (Fsp3) is 0.185. The third-order valence-electron chi connectivity index (χ3n) is 5.49. The van der Waals surface area contributed by atoms with Crippen LogP contribution >= 0.6 is 11.6 Å². The van der Waals surface area contributed by atoms with Crippen molar-refractivity contribution in [2.24, 2.45) is 0 Å². The van der Waals surface area contributed by atoms with Gasteiger partial charge in [0, 0.05) is 60.1 Å². The van der Waals surface area contributed by atoms with Crippen LogP contribution in [-0.4, -0.2) is 45.2 Å². The quantitative estimate of drug-likeness (QED) is 0.303. The molecule has 4 aromatic rings. The van der Waals surface area contributed by atoms with Crippen LogP contribution in [0.2, 0.25) is 0 Å². The molecule has 1 amide bonds. The van der Waals surface area contributed by atoms with Crippen molar-refractivity contribution in [3.8, 4) is 11.3 Å². The van der Waals surface area contributed by atoms with E-state index in [1.54, 1.807) is 18.6 Å². The number of halogens is 1. The summed E-state index contributed by atoms with van der Waals surface area (Å²) in [7, 11) is 2.02. The molecule has 0 aliphatic carbocycles. The Morgan fingerprint density at radius 1 is 1.06 bits per heavy atom. The zero-order valence-electron chi connectivity index (χ0n) is 19.7. The largest absolute Gasteiger partial charge is 0.324 e. The molecule has 0 spiro atoms. The van der Waals surface area contributed by atoms with Crippen molar-refractivity contribution in [1.82, 2.24) is 19.9 Å². The van der Waals surface area contributed by atoms with Crippen molar-refractivity contribution >= 4 is 34.8 Å². The number of amides is 1. The van der Waals surface area contributed by atoms with Gasteiger partial charge in [0.25, 0.3) is 5.91 Å². The summed E-state index contributed by atoms with van der Waals surface area (Å²) in [5.41, 5.74) is 5.90. The van der Waals surface area contributed by atoms with Crippen LogP contribution in [-0.2, 0) is 6.54 Å². The number of nitrogens with zero attached hydrogens (tertiary/aromatic N) is 4. The SMILES string of the molecule is Cc1ccc(NC(=O)c2ccc(CN(C)CCCl)cc2)cc1Nc1nccc(-c2cccnc2)n1. The summed E-state index contributed by atoms with van der Waals surface area (Å²) in [4.78, 5) is 28.0. The highest BCUT2D eigenvalue weighted by molar-refractivity contribution is 6.18. The predicted octanol–water partition coefficient (Wildman–Crippen LogP) is 5.51. The molecule has 0 saturated heterocycles. The van der Waals surface area contributed by atoms with E-state index in [1.165, 1.54) is 0 Å². The number of pyridine rings is 1. The average molecular weight is 487 g/mol. The van der Waals surface area contributed by atoms with Gasteiger partial charge >= 0.3 is 0 Å². The monoisotopic (exact) mass is 486 g/mol. The van der Waals surface area contributed by atoms with Crippen molar-refractivity contribution in [3.05, 3.63) is 95.9 Å². The Kier molecular flexibility index (Phi) is 8.03. The molecule has 0 unspecified atom stereocenters. The molecule has 7 nitrogen and oxygen atoms in total. The Morgan fingerprint density at radius 2 is 1.89 bits per heavy atom. The molecule has 0 fully saturated rings. The average Bonchev–Trinajstić information content (AvgIpc) is 2.87. The fourth-order valence-electron chi connectivity index (χ4n) is 3.55. The van der Waals surface area contributed by atoms with Gasteiger partial charge in [-0.1, -0.05) is 18.2 Å². The molecular weight excluding hydrogens is 460 g/mol. The lowest BCUT2D eigenvalue weighted by molar-refractivity contribution is 0.102. The van der Waals surface area contributed by atoms with Crippen molar-refractivity contribution in [2.75, 3.05) is 30.1 Å². The lowest BCUT2D eigenvalue weighted by Gasteiger charge is -2.15. The minimum atomic E-state index is -0.171. The topological polar surface area (TPSA) is 83.0 Å². The maximum Gasteiger partial charge on any atom is 0.255 e. The van der Waals surface area contributed by atoms with Gasteiger partial charge < -0.3 is 15.5 Å². The van der Waals surface area contributed by atoms with Crippen LogP contribution in [0.15, 0.2) is 79.3 Å². The van der Waals surface area contributed by atoms with Crippen molar-refractivity contribution < 1.29 is 4.79 Å². The Bertz CT molecular complexity index is 1280. The van der Waals surface area contributed by atoms with Gasteiger partial charge in [0.05, 0.1) is 5.69 Å². The number of aromatic nitrogens is 3. The second-order valence-electron chi connectivity index (χ2n) is 8.24. The van der Waals surface area contributed by atoms with Crippen LogP contribution in [0.4, 0.5) is 17.3 Å². The molecule has 8 heteroatoms. The maximum atomic E-state index is 12.8. The third kappa shape index (κ3) is 6.62. The Morgan fingerprint density at radius 3 is 2.63 bits per heavy atom. The predicted molar refractivity (Wildman–Crippen MR) is 141 cm³/mol. The van der Waals surface area contributed by atoms with Crippen LogP contribution in [0, 0.1) is 6.92 Å². The highest BCUT2D eigenvalue weighted by atomic mass is 35.5. The number of rotatable bonds is 9. The first-order chi connectivity index (χ1) is 17.0. The van der Waals surface area contributed by atoms with E-state index in [-0.39, 0.29) is 5.91 Å². The van der Waals surface area contributed by atoms with E-state index in [0.717, 1.165) is 41.2 Å². The number of nitrogens with one attached hydrogen (secondary N) is 2. The first kappa shape index (κ1) is 24.3.